The number of nitrogens with zero attached hydrogens (tertiary/aromatic N) is 4. The number of carbonyl (C=O) groups is 3. The second-order valence-electron chi connectivity index (χ2n) is 11.7. The lowest BCUT2D eigenvalue weighted by Gasteiger charge is -2.37. The van der Waals surface area contributed by atoms with E-state index >= 15 is 0 Å². The summed E-state index contributed by atoms with van der Waals surface area (Å²) in [6.07, 6.45) is 1.64. The van der Waals surface area contributed by atoms with Gasteiger partial charge in [0.15, 0.2) is 6.23 Å². The van der Waals surface area contributed by atoms with Crippen LogP contribution in [0.15, 0.2) is 57.9 Å². The Bertz CT molecular complexity index is 1680. The molecule has 12 nitrogen and oxygen atoms in total. The predicted molar refractivity (Wildman–Crippen MR) is 167 cm³/mol. The van der Waals surface area contributed by atoms with E-state index in [1.807, 2.05) is 0 Å². The van der Waals surface area contributed by atoms with E-state index in [9.17, 15) is 24.3 Å². The summed E-state index contributed by atoms with van der Waals surface area (Å²) >= 11 is 3.41. The zero-order chi connectivity index (χ0) is 31.1. The van der Waals surface area contributed by atoms with Crippen LogP contribution in [-0.4, -0.2) is 74.6 Å². The van der Waals surface area contributed by atoms with Crippen LogP contribution < -0.4 is 21.5 Å². The Morgan fingerprint density at radius 2 is 1.84 bits per heavy atom. The van der Waals surface area contributed by atoms with Crippen molar-refractivity contribution in [2.24, 2.45) is 7.05 Å². The van der Waals surface area contributed by atoms with Crippen molar-refractivity contribution in [3.05, 3.63) is 85.7 Å². The van der Waals surface area contributed by atoms with Crippen LogP contribution >= 0.6 is 15.9 Å². The second-order valence-corrected chi connectivity index (χ2v) is 12.5. The zero-order valence-corrected chi connectivity index (χ0v) is 26.0. The molecule has 3 amide bonds. The molecule has 0 saturated carbocycles. The maximum absolute atomic E-state index is 13.2. The molecule has 1 aromatic heterocycles. The maximum Gasteiger partial charge on any atom is 0.282 e. The smallest absolute Gasteiger partial charge is 0.282 e. The molecule has 0 radical (unpaired) electrons. The third-order valence-corrected chi connectivity index (χ3v) is 9.39. The maximum atomic E-state index is 13.2. The highest BCUT2D eigenvalue weighted by Crippen LogP contribution is 2.36. The number of piperidine rings is 2. The number of hydrogen-bond acceptors (Lipinski definition) is 9. The van der Waals surface area contributed by atoms with Crippen molar-refractivity contribution in [1.82, 2.24) is 24.9 Å². The Labute approximate surface area is 262 Å². The van der Waals surface area contributed by atoms with Crippen LogP contribution in [0.25, 0.3) is 0 Å². The molecule has 230 valence electrons. The van der Waals surface area contributed by atoms with Crippen molar-refractivity contribution in [1.29, 1.82) is 0 Å². The number of likely N-dealkylation sites (tertiary alicyclic amines) is 1. The van der Waals surface area contributed by atoms with E-state index in [0.29, 0.717) is 33.7 Å². The Hall–Kier alpha value is -4.07. The van der Waals surface area contributed by atoms with Gasteiger partial charge in [-0.25, -0.2) is 4.68 Å². The normalized spacial score (nSPS) is 23.8. The van der Waals surface area contributed by atoms with Gasteiger partial charge in [0, 0.05) is 56.0 Å². The Kier molecular flexibility index (Phi) is 8.27. The number of likely N-dealkylation sites (N-methyl/N-ethyl adjacent to an activating group) is 1. The van der Waals surface area contributed by atoms with E-state index in [0.717, 1.165) is 35.7 Å². The SMILES string of the molecule is CN1C[C@H](Nc2cnn(C)c(=O)c2Br)C[C@H](c2ccc(CNc3ccc4c(c3)C(=O)N(C3CCC(=O)NC3=O)C4O)cc2)C1. The standard InChI is InChI=1S/C31H34BrN7O5/c1-37-15-19(11-21(16-37)35-24-14-34-38(2)31(44)27(24)32)18-5-3-17(4-6-18)13-33-20-7-8-22-23(12-20)30(43)39(29(22)42)25-9-10-26(40)36-28(25)41/h3-8,12,14,19,21,25,29,33,35,42H,9-11,13,15-16H2,1-2H3,(H,36,40,41)/t19-,21+,25?,29?/m0/s1. The minimum Gasteiger partial charge on any atom is -0.381 e. The number of aromatic nitrogens is 2. The molecule has 3 aliphatic rings. The lowest BCUT2D eigenvalue weighted by atomic mass is 9.87. The third-order valence-electron chi connectivity index (χ3n) is 8.62. The fourth-order valence-corrected chi connectivity index (χ4v) is 6.82. The lowest BCUT2D eigenvalue weighted by Crippen LogP contribution is -2.53. The molecule has 3 aromatic rings. The number of amides is 3. The first-order valence-electron chi connectivity index (χ1n) is 14.6. The van der Waals surface area contributed by atoms with Crippen LogP contribution in [0.5, 0.6) is 0 Å². The van der Waals surface area contributed by atoms with Crippen molar-refractivity contribution < 1.29 is 19.5 Å². The minimum absolute atomic E-state index is 0.121. The van der Waals surface area contributed by atoms with Crippen molar-refractivity contribution >= 4 is 45.0 Å². The van der Waals surface area contributed by atoms with E-state index in [1.54, 1.807) is 31.4 Å². The molecule has 4 N–H and O–H groups in total. The summed E-state index contributed by atoms with van der Waals surface area (Å²) in [7, 11) is 3.72. The Morgan fingerprint density at radius 3 is 2.59 bits per heavy atom. The molecule has 2 unspecified atom stereocenters. The summed E-state index contributed by atoms with van der Waals surface area (Å²) in [5, 5.41) is 24.1. The first-order chi connectivity index (χ1) is 21.1. The summed E-state index contributed by atoms with van der Waals surface area (Å²) < 4.78 is 1.78. The van der Waals surface area contributed by atoms with E-state index in [1.165, 1.54) is 10.2 Å². The van der Waals surface area contributed by atoms with E-state index in [-0.39, 0.29) is 30.3 Å². The van der Waals surface area contributed by atoms with Gasteiger partial charge in [-0.3, -0.25) is 29.4 Å². The topological polar surface area (TPSA) is 149 Å². The highest BCUT2D eigenvalue weighted by molar-refractivity contribution is 9.10. The molecule has 4 atom stereocenters. The number of aliphatic hydroxyl groups excluding tert-OH is 1. The summed E-state index contributed by atoms with van der Waals surface area (Å²) in [6, 6.07) is 12.9. The molecular formula is C31H34BrN7O5. The molecule has 3 aliphatic heterocycles. The van der Waals surface area contributed by atoms with Crippen molar-refractivity contribution in [3.8, 4) is 0 Å². The molecular weight excluding hydrogens is 630 g/mol. The first kappa shape index (κ1) is 30.0. The number of nitrogens with one attached hydrogen (secondary N) is 3. The average molecular weight is 665 g/mol. The van der Waals surface area contributed by atoms with Crippen LogP contribution in [0.4, 0.5) is 11.4 Å². The molecule has 2 aromatic carbocycles. The van der Waals surface area contributed by atoms with Crippen LogP contribution in [0.3, 0.4) is 0 Å². The van der Waals surface area contributed by atoms with Crippen LogP contribution in [0.1, 0.15) is 58.5 Å². The molecule has 6 rings (SSSR count). The van der Waals surface area contributed by atoms with Gasteiger partial charge < -0.3 is 20.6 Å². The van der Waals surface area contributed by atoms with Gasteiger partial charge in [-0.2, -0.15) is 5.10 Å². The highest BCUT2D eigenvalue weighted by atomic mass is 79.9. The number of rotatable bonds is 7. The number of carbonyl (C=O) groups excluding carboxylic acids is 3. The van der Waals surface area contributed by atoms with Crippen LogP contribution in [-0.2, 0) is 23.2 Å². The minimum atomic E-state index is -1.24. The van der Waals surface area contributed by atoms with Crippen molar-refractivity contribution in [3.63, 3.8) is 0 Å². The highest BCUT2D eigenvalue weighted by Gasteiger charge is 2.44. The molecule has 0 aliphatic carbocycles. The number of aryl methyl sites for hydroxylation is 1. The number of hydrogen-bond donors (Lipinski definition) is 4. The molecule has 13 heteroatoms. The molecule has 0 bridgehead atoms. The quantitative estimate of drug-likeness (QED) is 0.279. The first-order valence-corrected chi connectivity index (χ1v) is 15.4. The van der Waals surface area contributed by atoms with Crippen LogP contribution in [0.2, 0.25) is 0 Å². The largest absolute Gasteiger partial charge is 0.381 e. The summed E-state index contributed by atoms with van der Waals surface area (Å²) in [4.78, 5) is 52.8. The van der Waals surface area contributed by atoms with Crippen LogP contribution in [0, 0.1) is 0 Å². The van der Waals surface area contributed by atoms with Gasteiger partial charge in [0.1, 0.15) is 10.5 Å². The number of benzene rings is 2. The molecule has 4 heterocycles. The molecule has 2 fully saturated rings. The number of anilines is 2. The Morgan fingerprint density at radius 1 is 1.07 bits per heavy atom. The van der Waals surface area contributed by atoms with Gasteiger partial charge >= 0.3 is 0 Å². The van der Waals surface area contributed by atoms with E-state index in [4.69, 9.17) is 0 Å². The summed E-state index contributed by atoms with van der Waals surface area (Å²) in [6.45, 7) is 2.31. The van der Waals surface area contributed by atoms with Crippen molar-refractivity contribution in [2.75, 3.05) is 30.8 Å². The van der Waals surface area contributed by atoms with Gasteiger partial charge in [-0.15, -0.1) is 0 Å². The number of imide groups is 1. The fourth-order valence-electron chi connectivity index (χ4n) is 6.34. The monoisotopic (exact) mass is 663 g/mol. The van der Waals surface area contributed by atoms with E-state index in [2.05, 4.69) is 73.2 Å². The molecule has 0 spiro atoms. The van der Waals surface area contributed by atoms with Gasteiger partial charge in [-0.05, 0) is 65.0 Å². The number of fused-ring (bicyclic) bond motifs is 1. The number of aliphatic hydroxyl groups is 1. The molecule has 44 heavy (non-hydrogen) atoms. The predicted octanol–water partition coefficient (Wildman–Crippen LogP) is 2.31. The average Bonchev–Trinajstić information content (AvgIpc) is 3.25. The molecule has 2 saturated heterocycles. The summed E-state index contributed by atoms with van der Waals surface area (Å²) in [5.41, 5.74) is 4.32. The fraction of sp³-hybridized carbons (Fsp3) is 0.387. The Balaban J connectivity index is 1.08. The lowest BCUT2D eigenvalue weighted by molar-refractivity contribution is -0.139. The van der Waals surface area contributed by atoms with Gasteiger partial charge in [0.2, 0.25) is 11.8 Å². The van der Waals surface area contributed by atoms with E-state index < -0.39 is 24.1 Å². The third kappa shape index (κ3) is 5.86. The van der Waals surface area contributed by atoms with Crippen molar-refractivity contribution in [2.45, 2.75) is 50.0 Å². The van der Waals surface area contributed by atoms with Gasteiger partial charge in [0.05, 0.1) is 11.9 Å². The van der Waals surface area contributed by atoms with Gasteiger partial charge in [-0.1, -0.05) is 30.3 Å². The van der Waals surface area contributed by atoms with Gasteiger partial charge in [0.25, 0.3) is 11.5 Å². The summed E-state index contributed by atoms with van der Waals surface area (Å²) in [5.74, 6) is -1.06. The number of halogens is 1. The second kappa shape index (κ2) is 12.1. The zero-order valence-electron chi connectivity index (χ0n) is 24.4.